The van der Waals surface area contributed by atoms with Crippen molar-refractivity contribution in [2.45, 2.75) is 17.7 Å². The van der Waals surface area contributed by atoms with Crippen molar-refractivity contribution in [1.29, 1.82) is 0 Å². The van der Waals surface area contributed by atoms with E-state index in [9.17, 15) is 0 Å². The number of anilines is 1. The Labute approximate surface area is 111 Å². The lowest BCUT2D eigenvalue weighted by atomic mass is 10.0. The summed E-state index contributed by atoms with van der Waals surface area (Å²) in [5.41, 5.74) is 3.54. The molecule has 92 valence electrons. The molecule has 1 aliphatic rings. The van der Waals surface area contributed by atoms with Gasteiger partial charge in [-0.15, -0.1) is 22.0 Å². The lowest BCUT2D eigenvalue weighted by Crippen LogP contribution is -1.99. The molecule has 18 heavy (non-hydrogen) atoms. The minimum atomic E-state index is 0.798. The van der Waals surface area contributed by atoms with Gasteiger partial charge in [0.05, 0.1) is 5.69 Å². The fraction of sp³-hybridized carbons (Fsp3) is 0.286. The van der Waals surface area contributed by atoms with Gasteiger partial charge in [0.1, 0.15) is 5.82 Å². The summed E-state index contributed by atoms with van der Waals surface area (Å²) < 4.78 is 0. The van der Waals surface area contributed by atoms with E-state index in [-0.39, 0.29) is 0 Å². The van der Waals surface area contributed by atoms with Gasteiger partial charge in [-0.05, 0) is 48.4 Å². The molecule has 0 spiro atoms. The third-order valence-corrected chi connectivity index (χ3v) is 4.33. The molecule has 2 heterocycles. The van der Waals surface area contributed by atoms with Crippen LogP contribution in [0.2, 0.25) is 0 Å². The summed E-state index contributed by atoms with van der Waals surface area (Å²) in [4.78, 5) is 1.42. The van der Waals surface area contributed by atoms with Crippen molar-refractivity contribution in [3.05, 3.63) is 35.9 Å². The molecule has 0 aliphatic carbocycles. The molecule has 3 rings (SSSR count). The summed E-state index contributed by atoms with van der Waals surface area (Å²) in [7, 11) is 1.85. The highest BCUT2D eigenvalue weighted by atomic mass is 32.2. The van der Waals surface area contributed by atoms with E-state index in [1.165, 1.54) is 29.1 Å². The minimum Gasteiger partial charge on any atom is -0.372 e. The van der Waals surface area contributed by atoms with Crippen LogP contribution >= 0.6 is 11.8 Å². The second-order valence-electron chi connectivity index (χ2n) is 4.33. The summed E-state index contributed by atoms with van der Waals surface area (Å²) in [5.74, 6) is 2.04. The zero-order valence-corrected chi connectivity index (χ0v) is 11.1. The number of thioether (sulfide) groups is 1. The third-order valence-electron chi connectivity index (χ3n) is 3.12. The number of benzene rings is 1. The molecular formula is C14H15N3S. The zero-order valence-electron chi connectivity index (χ0n) is 10.3. The van der Waals surface area contributed by atoms with Crippen LogP contribution in [0.25, 0.3) is 11.3 Å². The van der Waals surface area contributed by atoms with E-state index in [1.54, 1.807) is 0 Å². The highest BCUT2D eigenvalue weighted by Crippen LogP contribution is 2.32. The van der Waals surface area contributed by atoms with Crippen molar-refractivity contribution in [2.24, 2.45) is 0 Å². The Morgan fingerprint density at radius 3 is 2.89 bits per heavy atom. The van der Waals surface area contributed by atoms with Crippen LogP contribution in [0.15, 0.2) is 35.2 Å². The van der Waals surface area contributed by atoms with E-state index in [4.69, 9.17) is 0 Å². The molecule has 1 N–H and O–H groups in total. The quantitative estimate of drug-likeness (QED) is 0.896. The first-order valence-corrected chi connectivity index (χ1v) is 7.13. The SMILES string of the molecule is CNc1ccc(-c2ccc3c(c2)CCCS3)nn1. The number of fused-ring (bicyclic) bond motifs is 1. The average Bonchev–Trinajstić information content (AvgIpc) is 2.47. The molecule has 1 aromatic carbocycles. The molecule has 0 saturated heterocycles. The van der Waals surface area contributed by atoms with Gasteiger partial charge in [0.15, 0.2) is 0 Å². The van der Waals surface area contributed by atoms with Crippen LogP contribution in [0, 0.1) is 0 Å². The first kappa shape index (κ1) is 11.5. The first-order chi connectivity index (χ1) is 8.86. The van der Waals surface area contributed by atoms with Crippen LogP contribution < -0.4 is 5.32 Å². The van der Waals surface area contributed by atoms with Gasteiger partial charge in [-0.25, -0.2) is 0 Å². The second-order valence-corrected chi connectivity index (χ2v) is 5.47. The Hall–Kier alpha value is -1.55. The highest BCUT2D eigenvalue weighted by molar-refractivity contribution is 7.99. The number of hydrogen-bond donors (Lipinski definition) is 1. The molecule has 1 aromatic heterocycles. The van der Waals surface area contributed by atoms with Gasteiger partial charge in [-0.1, -0.05) is 6.07 Å². The van der Waals surface area contributed by atoms with Crippen LogP contribution in [-0.4, -0.2) is 23.0 Å². The molecule has 0 bridgehead atoms. The smallest absolute Gasteiger partial charge is 0.148 e. The van der Waals surface area contributed by atoms with Crippen LogP contribution in [0.3, 0.4) is 0 Å². The zero-order chi connectivity index (χ0) is 12.4. The topological polar surface area (TPSA) is 37.8 Å². The Morgan fingerprint density at radius 1 is 1.17 bits per heavy atom. The molecule has 2 aromatic rings. The molecule has 0 fully saturated rings. The lowest BCUT2D eigenvalue weighted by Gasteiger charge is -2.15. The van der Waals surface area contributed by atoms with Crippen LogP contribution in [-0.2, 0) is 6.42 Å². The predicted octanol–water partition coefficient (Wildman–Crippen LogP) is 3.22. The van der Waals surface area contributed by atoms with Crippen LogP contribution in [0.4, 0.5) is 5.82 Å². The van der Waals surface area contributed by atoms with Crippen molar-refractivity contribution in [2.75, 3.05) is 18.1 Å². The maximum Gasteiger partial charge on any atom is 0.148 e. The van der Waals surface area contributed by atoms with Crippen molar-refractivity contribution < 1.29 is 0 Å². The van der Waals surface area contributed by atoms with Crippen molar-refractivity contribution in [3.8, 4) is 11.3 Å². The van der Waals surface area contributed by atoms with E-state index >= 15 is 0 Å². The molecular weight excluding hydrogens is 242 g/mol. The van der Waals surface area contributed by atoms with Gasteiger partial charge in [0.2, 0.25) is 0 Å². The maximum absolute atomic E-state index is 4.25. The monoisotopic (exact) mass is 257 g/mol. The molecule has 3 nitrogen and oxygen atoms in total. The number of aromatic nitrogens is 2. The third kappa shape index (κ3) is 2.20. The highest BCUT2D eigenvalue weighted by Gasteiger charge is 2.11. The summed E-state index contributed by atoms with van der Waals surface area (Å²) in [6.45, 7) is 0. The maximum atomic E-state index is 4.25. The van der Waals surface area contributed by atoms with Crippen molar-refractivity contribution in [3.63, 3.8) is 0 Å². The first-order valence-electron chi connectivity index (χ1n) is 6.14. The molecule has 1 aliphatic heterocycles. The number of hydrogen-bond acceptors (Lipinski definition) is 4. The fourth-order valence-electron chi connectivity index (χ4n) is 2.14. The van der Waals surface area contributed by atoms with Gasteiger partial charge < -0.3 is 5.32 Å². The van der Waals surface area contributed by atoms with Crippen molar-refractivity contribution in [1.82, 2.24) is 10.2 Å². The van der Waals surface area contributed by atoms with E-state index in [2.05, 4.69) is 33.7 Å². The van der Waals surface area contributed by atoms with Gasteiger partial charge in [0, 0.05) is 17.5 Å². The fourth-order valence-corrected chi connectivity index (χ4v) is 3.16. The number of nitrogens with one attached hydrogen (secondary N) is 1. The minimum absolute atomic E-state index is 0.798. The summed E-state index contributed by atoms with van der Waals surface area (Å²) in [6, 6.07) is 10.6. The molecule has 0 saturated carbocycles. The van der Waals surface area contributed by atoms with Gasteiger partial charge in [-0.2, -0.15) is 0 Å². The van der Waals surface area contributed by atoms with Gasteiger partial charge in [-0.3, -0.25) is 0 Å². The predicted molar refractivity (Wildman–Crippen MR) is 76.1 cm³/mol. The van der Waals surface area contributed by atoms with E-state index in [1.807, 2.05) is 30.9 Å². The largest absolute Gasteiger partial charge is 0.372 e. The average molecular weight is 257 g/mol. The Balaban J connectivity index is 1.95. The second kappa shape index (κ2) is 4.98. The Kier molecular flexibility index (Phi) is 3.19. The lowest BCUT2D eigenvalue weighted by molar-refractivity contribution is 0.890. The molecule has 0 atom stereocenters. The number of rotatable bonds is 2. The van der Waals surface area contributed by atoms with Crippen LogP contribution in [0.1, 0.15) is 12.0 Å². The summed E-state index contributed by atoms with van der Waals surface area (Å²) >= 11 is 1.95. The summed E-state index contributed by atoms with van der Waals surface area (Å²) in [6.07, 6.45) is 2.45. The summed E-state index contributed by atoms with van der Waals surface area (Å²) in [5, 5.41) is 11.3. The van der Waals surface area contributed by atoms with E-state index in [0.717, 1.165) is 17.1 Å². The van der Waals surface area contributed by atoms with Crippen LogP contribution in [0.5, 0.6) is 0 Å². The molecule has 4 heteroatoms. The molecule has 0 radical (unpaired) electrons. The Bertz CT molecular complexity index is 551. The van der Waals surface area contributed by atoms with E-state index in [0.29, 0.717) is 0 Å². The van der Waals surface area contributed by atoms with Gasteiger partial charge in [0.25, 0.3) is 0 Å². The van der Waals surface area contributed by atoms with E-state index < -0.39 is 0 Å². The Morgan fingerprint density at radius 2 is 2.11 bits per heavy atom. The molecule has 0 unspecified atom stereocenters. The number of nitrogens with zero attached hydrogens (tertiary/aromatic N) is 2. The molecule has 0 amide bonds. The van der Waals surface area contributed by atoms with Gasteiger partial charge >= 0.3 is 0 Å². The number of aryl methyl sites for hydroxylation is 1. The van der Waals surface area contributed by atoms with Crippen molar-refractivity contribution >= 4 is 17.6 Å². The normalized spacial score (nSPS) is 14.1. The standard InChI is InChI=1S/C14H15N3S/c1-15-14-7-5-12(16-17-14)10-4-6-13-11(9-10)3-2-8-18-13/h4-7,9H,2-3,8H2,1H3,(H,15,17).